The lowest BCUT2D eigenvalue weighted by molar-refractivity contribution is 0.587. The van der Waals surface area contributed by atoms with E-state index in [9.17, 15) is 8.42 Å². The van der Waals surface area contributed by atoms with Crippen LogP contribution in [0.5, 0.6) is 0 Å². The van der Waals surface area contributed by atoms with E-state index in [1.807, 2.05) is 42.7 Å². The molecule has 0 aliphatic rings. The Morgan fingerprint density at radius 2 is 1.89 bits per heavy atom. The molecular weight excluding hydrogens is 260 g/mol. The fourth-order valence-electron chi connectivity index (χ4n) is 2.29. The molecule has 1 heterocycles. The Labute approximate surface area is 114 Å². The monoisotopic (exact) mass is 280 g/mol. The van der Waals surface area contributed by atoms with Crippen LogP contribution >= 0.6 is 0 Å². The van der Waals surface area contributed by atoms with Crippen LogP contribution in [0.1, 0.15) is 26.1 Å². The first-order valence-electron chi connectivity index (χ1n) is 6.72. The maximum Gasteiger partial charge on any atom is 0.152 e. The number of sulfone groups is 1. The van der Waals surface area contributed by atoms with E-state index in [4.69, 9.17) is 0 Å². The quantitative estimate of drug-likeness (QED) is 0.816. The van der Waals surface area contributed by atoms with E-state index in [1.54, 1.807) is 0 Å². The van der Waals surface area contributed by atoms with Gasteiger partial charge < -0.3 is 4.57 Å². The summed E-state index contributed by atoms with van der Waals surface area (Å²) in [6.07, 6.45) is 1.48. The van der Waals surface area contributed by atoms with E-state index in [2.05, 4.69) is 4.98 Å². The molecule has 0 saturated carbocycles. The van der Waals surface area contributed by atoms with Crippen molar-refractivity contribution in [1.82, 2.24) is 9.55 Å². The lowest BCUT2D eigenvalue weighted by Gasteiger charge is -2.08. The number of imidazole rings is 1. The summed E-state index contributed by atoms with van der Waals surface area (Å²) >= 11 is 0. The zero-order valence-corrected chi connectivity index (χ0v) is 12.3. The fraction of sp³-hybridized carbons (Fsp3) is 0.500. The molecule has 0 spiro atoms. The number of aryl methyl sites for hydroxylation is 2. The van der Waals surface area contributed by atoms with Crippen molar-refractivity contribution in [1.29, 1.82) is 0 Å². The first-order chi connectivity index (χ1) is 9.07. The Morgan fingerprint density at radius 3 is 2.58 bits per heavy atom. The van der Waals surface area contributed by atoms with Gasteiger partial charge in [-0.1, -0.05) is 26.0 Å². The predicted molar refractivity (Wildman–Crippen MR) is 78.1 cm³/mol. The van der Waals surface area contributed by atoms with Crippen molar-refractivity contribution in [3.63, 3.8) is 0 Å². The van der Waals surface area contributed by atoms with Crippen LogP contribution in [0.3, 0.4) is 0 Å². The molecule has 2 aromatic rings. The molecule has 0 aliphatic carbocycles. The second-order valence-corrected chi connectivity index (χ2v) is 6.98. The molecule has 0 saturated heterocycles. The van der Waals surface area contributed by atoms with Gasteiger partial charge in [0.05, 0.1) is 16.8 Å². The number of rotatable bonds is 6. The summed E-state index contributed by atoms with van der Waals surface area (Å²) in [6, 6.07) is 7.87. The summed E-state index contributed by atoms with van der Waals surface area (Å²) in [7, 11) is -2.95. The Hall–Kier alpha value is -1.36. The summed E-state index contributed by atoms with van der Waals surface area (Å²) in [5.41, 5.74) is 1.96. The molecule has 1 aromatic carbocycles. The van der Waals surface area contributed by atoms with Crippen LogP contribution < -0.4 is 0 Å². The third kappa shape index (κ3) is 3.15. The number of benzene rings is 1. The van der Waals surface area contributed by atoms with Gasteiger partial charge in [0, 0.05) is 18.7 Å². The molecular formula is C14H20N2O2S. The average molecular weight is 280 g/mol. The minimum absolute atomic E-state index is 0.189. The SMILES string of the molecule is CCCS(=O)(=O)CCn1c(CC)nc2ccccc21. The highest BCUT2D eigenvalue weighted by atomic mass is 32.2. The summed E-state index contributed by atoms with van der Waals surface area (Å²) in [4.78, 5) is 4.55. The smallest absolute Gasteiger partial charge is 0.152 e. The Bertz CT molecular complexity index is 659. The molecule has 0 atom stereocenters. The van der Waals surface area contributed by atoms with Gasteiger partial charge in [-0.3, -0.25) is 0 Å². The number of hydrogen-bond acceptors (Lipinski definition) is 3. The van der Waals surface area contributed by atoms with Gasteiger partial charge in [0.25, 0.3) is 0 Å². The maximum absolute atomic E-state index is 11.8. The minimum Gasteiger partial charge on any atom is -0.327 e. The van der Waals surface area contributed by atoms with Gasteiger partial charge in [0.1, 0.15) is 5.82 Å². The van der Waals surface area contributed by atoms with Crippen molar-refractivity contribution in [2.45, 2.75) is 33.2 Å². The third-order valence-corrected chi connectivity index (χ3v) is 5.03. The molecule has 19 heavy (non-hydrogen) atoms. The molecule has 104 valence electrons. The second-order valence-electron chi connectivity index (χ2n) is 4.67. The van der Waals surface area contributed by atoms with Crippen LogP contribution in [-0.2, 0) is 22.8 Å². The standard InChI is InChI=1S/C14H20N2O2S/c1-3-10-19(17,18)11-9-16-13-8-6-5-7-12(13)15-14(16)4-2/h5-8H,3-4,9-11H2,1-2H3. The molecule has 0 amide bonds. The molecule has 2 rings (SSSR count). The zero-order valence-electron chi connectivity index (χ0n) is 11.5. The van der Waals surface area contributed by atoms with Crippen LogP contribution in [-0.4, -0.2) is 29.5 Å². The minimum atomic E-state index is -2.95. The molecule has 5 heteroatoms. The average Bonchev–Trinajstić information content (AvgIpc) is 2.74. The third-order valence-electron chi connectivity index (χ3n) is 3.19. The van der Waals surface area contributed by atoms with Gasteiger partial charge in [-0.05, 0) is 18.6 Å². The van der Waals surface area contributed by atoms with Gasteiger partial charge in [0.2, 0.25) is 0 Å². The molecule has 0 fully saturated rings. The zero-order chi connectivity index (χ0) is 13.9. The van der Waals surface area contributed by atoms with Crippen molar-refractivity contribution in [3.8, 4) is 0 Å². The highest BCUT2D eigenvalue weighted by Crippen LogP contribution is 2.16. The fourth-order valence-corrected chi connectivity index (χ4v) is 3.58. The molecule has 0 bridgehead atoms. The number of nitrogens with zero attached hydrogens (tertiary/aromatic N) is 2. The first-order valence-corrected chi connectivity index (χ1v) is 8.54. The van der Waals surface area contributed by atoms with E-state index < -0.39 is 9.84 Å². The van der Waals surface area contributed by atoms with E-state index in [-0.39, 0.29) is 11.5 Å². The van der Waals surface area contributed by atoms with E-state index >= 15 is 0 Å². The largest absolute Gasteiger partial charge is 0.327 e. The van der Waals surface area contributed by atoms with Crippen molar-refractivity contribution in [2.24, 2.45) is 0 Å². The first kappa shape index (κ1) is 14.1. The van der Waals surface area contributed by atoms with Gasteiger partial charge in [-0.15, -0.1) is 0 Å². The highest BCUT2D eigenvalue weighted by Gasteiger charge is 2.13. The molecule has 4 nitrogen and oxygen atoms in total. The van der Waals surface area contributed by atoms with E-state index in [1.165, 1.54) is 0 Å². The Kier molecular flexibility index (Phi) is 4.24. The summed E-state index contributed by atoms with van der Waals surface area (Å²) in [6.45, 7) is 4.42. The van der Waals surface area contributed by atoms with E-state index in [0.29, 0.717) is 13.0 Å². The predicted octanol–water partition coefficient (Wildman–Crippen LogP) is 2.42. The van der Waals surface area contributed by atoms with Crippen molar-refractivity contribution in [2.75, 3.05) is 11.5 Å². The van der Waals surface area contributed by atoms with Gasteiger partial charge in [0.15, 0.2) is 9.84 Å². The van der Waals surface area contributed by atoms with Crippen LogP contribution in [0.4, 0.5) is 0 Å². The lowest BCUT2D eigenvalue weighted by Crippen LogP contribution is -2.17. The Balaban J connectivity index is 2.29. The molecule has 0 unspecified atom stereocenters. The highest BCUT2D eigenvalue weighted by molar-refractivity contribution is 7.91. The van der Waals surface area contributed by atoms with Gasteiger partial charge in [-0.2, -0.15) is 0 Å². The van der Waals surface area contributed by atoms with Crippen LogP contribution in [0.25, 0.3) is 11.0 Å². The van der Waals surface area contributed by atoms with Crippen LogP contribution in [0.15, 0.2) is 24.3 Å². The number of fused-ring (bicyclic) bond motifs is 1. The second kappa shape index (κ2) is 5.74. The number of hydrogen-bond donors (Lipinski definition) is 0. The van der Waals surface area contributed by atoms with Crippen LogP contribution in [0, 0.1) is 0 Å². The number of aromatic nitrogens is 2. The molecule has 0 N–H and O–H groups in total. The van der Waals surface area contributed by atoms with E-state index in [0.717, 1.165) is 23.3 Å². The van der Waals surface area contributed by atoms with Gasteiger partial charge in [-0.25, -0.2) is 13.4 Å². The number of para-hydroxylation sites is 2. The van der Waals surface area contributed by atoms with Crippen LogP contribution in [0.2, 0.25) is 0 Å². The summed E-state index contributed by atoms with van der Waals surface area (Å²) in [5, 5.41) is 0. The molecule has 1 aromatic heterocycles. The van der Waals surface area contributed by atoms with Crippen molar-refractivity contribution >= 4 is 20.9 Å². The topological polar surface area (TPSA) is 52.0 Å². The van der Waals surface area contributed by atoms with Crippen molar-refractivity contribution < 1.29 is 8.42 Å². The molecule has 0 aliphatic heterocycles. The molecule has 0 radical (unpaired) electrons. The summed E-state index contributed by atoms with van der Waals surface area (Å²) < 4.78 is 25.7. The summed E-state index contributed by atoms with van der Waals surface area (Å²) in [5.74, 6) is 1.41. The van der Waals surface area contributed by atoms with Crippen molar-refractivity contribution in [3.05, 3.63) is 30.1 Å². The lowest BCUT2D eigenvalue weighted by atomic mass is 10.3. The maximum atomic E-state index is 11.8. The Morgan fingerprint density at radius 1 is 1.16 bits per heavy atom. The normalized spacial score (nSPS) is 12.1. The van der Waals surface area contributed by atoms with Gasteiger partial charge >= 0.3 is 0 Å².